The lowest BCUT2D eigenvalue weighted by atomic mass is 9.90. The predicted octanol–water partition coefficient (Wildman–Crippen LogP) is 6.68. The van der Waals surface area contributed by atoms with Gasteiger partial charge in [0, 0.05) is 10.6 Å². The highest BCUT2D eigenvalue weighted by Gasteiger charge is 2.12. The molecule has 0 heterocycles. The van der Waals surface area contributed by atoms with Gasteiger partial charge in [-0.15, -0.1) is 0 Å². The summed E-state index contributed by atoms with van der Waals surface area (Å²) in [4.78, 5) is 0. The molecule has 0 nitrogen and oxygen atoms in total. The van der Waals surface area contributed by atoms with Gasteiger partial charge in [0.15, 0.2) is 0 Å². The monoisotopic (exact) mass is 352 g/mol. The first-order chi connectivity index (χ1) is 12.8. The average Bonchev–Trinajstić information content (AvgIpc) is 2.70. The van der Waals surface area contributed by atoms with Crippen LogP contribution in [0.25, 0.3) is 10.8 Å². The van der Waals surface area contributed by atoms with Crippen molar-refractivity contribution in [1.29, 1.82) is 0 Å². The Kier molecular flexibility index (Phi) is 4.73. The molecule has 0 unspecified atom stereocenters. The van der Waals surface area contributed by atoms with Crippen molar-refractivity contribution in [3.05, 3.63) is 119 Å². The van der Waals surface area contributed by atoms with E-state index < -0.39 is 0 Å². The maximum Gasteiger partial charge on any atom is 0.0706 e. The van der Waals surface area contributed by atoms with Gasteiger partial charge < -0.3 is 0 Å². The van der Waals surface area contributed by atoms with Crippen LogP contribution in [-0.4, -0.2) is 0 Å². The highest BCUT2D eigenvalue weighted by molar-refractivity contribution is 6.30. The Bertz CT molecular complexity index is 1080. The van der Waals surface area contributed by atoms with Gasteiger partial charge in [0.05, 0.1) is 5.92 Å². The van der Waals surface area contributed by atoms with Crippen LogP contribution in [0.1, 0.15) is 22.6 Å². The number of hydrogen-bond donors (Lipinski definition) is 0. The Morgan fingerprint density at radius 3 is 2.04 bits per heavy atom. The van der Waals surface area contributed by atoms with Gasteiger partial charge in [0.1, 0.15) is 0 Å². The lowest BCUT2D eigenvalue weighted by Crippen LogP contribution is -1.98. The summed E-state index contributed by atoms with van der Waals surface area (Å²) in [6, 6.07) is 33.0. The van der Waals surface area contributed by atoms with Crippen LogP contribution in [0.4, 0.5) is 0 Å². The number of hydrogen-bond acceptors (Lipinski definition) is 0. The molecule has 0 saturated heterocycles. The van der Waals surface area contributed by atoms with E-state index in [1.54, 1.807) is 0 Å². The van der Waals surface area contributed by atoms with Crippen molar-refractivity contribution in [3.8, 4) is 11.8 Å². The largest absolute Gasteiger partial charge is 0.0848 e. The van der Waals surface area contributed by atoms with E-state index in [2.05, 4.69) is 66.4 Å². The fourth-order valence-electron chi connectivity index (χ4n) is 3.08. The molecule has 0 spiro atoms. The molecule has 0 amide bonds. The van der Waals surface area contributed by atoms with E-state index in [4.69, 9.17) is 11.6 Å². The van der Waals surface area contributed by atoms with Crippen LogP contribution in [0.15, 0.2) is 97.1 Å². The maximum absolute atomic E-state index is 6.08. The second-order valence-electron chi connectivity index (χ2n) is 6.23. The van der Waals surface area contributed by atoms with Gasteiger partial charge in [-0.05, 0) is 52.2 Å². The van der Waals surface area contributed by atoms with E-state index in [1.165, 1.54) is 16.3 Å². The smallest absolute Gasteiger partial charge is 0.0706 e. The molecule has 0 aliphatic heterocycles. The van der Waals surface area contributed by atoms with Gasteiger partial charge in [-0.3, -0.25) is 0 Å². The molecule has 0 radical (unpaired) electrons. The normalized spacial score (nSPS) is 11.6. The highest BCUT2D eigenvalue weighted by atomic mass is 35.5. The third-order valence-corrected chi connectivity index (χ3v) is 4.70. The van der Waals surface area contributed by atoms with Crippen LogP contribution in [0.3, 0.4) is 0 Å². The maximum atomic E-state index is 6.08. The number of rotatable bonds is 2. The minimum absolute atomic E-state index is 0.00270. The SMILES string of the molecule is Clc1ccc([C@H](C#Cc2ccccc2)c2ccc3ccccc3c2)cc1. The summed E-state index contributed by atoms with van der Waals surface area (Å²) in [5, 5.41) is 3.20. The van der Waals surface area contributed by atoms with E-state index in [9.17, 15) is 0 Å². The van der Waals surface area contributed by atoms with Crippen molar-refractivity contribution in [2.75, 3.05) is 0 Å². The zero-order valence-corrected chi connectivity index (χ0v) is 14.9. The lowest BCUT2D eigenvalue weighted by Gasteiger charge is -2.13. The zero-order chi connectivity index (χ0) is 17.8. The Balaban J connectivity index is 1.81. The molecule has 26 heavy (non-hydrogen) atoms. The van der Waals surface area contributed by atoms with E-state index >= 15 is 0 Å². The molecule has 0 saturated carbocycles. The fourth-order valence-corrected chi connectivity index (χ4v) is 3.20. The molecule has 4 aromatic rings. The Hall–Kier alpha value is -3.01. The molecule has 124 valence electrons. The Labute approximate surface area is 159 Å². The quantitative estimate of drug-likeness (QED) is 0.353. The van der Waals surface area contributed by atoms with Crippen molar-refractivity contribution in [1.82, 2.24) is 0 Å². The van der Waals surface area contributed by atoms with Gasteiger partial charge in [0.25, 0.3) is 0 Å². The van der Waals surface area contributed by atoms with Crippen LogP contribution in [-0.2, 0) is 0 Å². The van der Waals surface area contributed by atoms with Gasteiger partial charge in [-0.25, -0.2) is 0 Å². The van der Waals surface area contributed by atoms with Crippen molar-refractivity contribution in [2.45, 2.75) is 5.92 Å². The summed E-state index contributed by atoms with van der Waals surface area (Å²) in [5.41, 5.74) is 3.36. The van der Waals surface area contributed by atoms with Crippen LogP contribution in [0.2, 0.25) is 5.02 Å². The summed E-state index contributed by atoms with van der Waals surface area (Å²) in [7, 11) is 0. The summed E-state index contributed by atoms with van der Waals surface area (Å²) in [6.07, 6.45) is 0. The van der Waals surface area contributed by atoms with Crippen molar-refractivity contribution in [2.24, 2.45) is 0 Å². The molecule has 4 aromatic carbocycles. The third-order valence-electron chi connectivity index (χ3n) is 4.44. The van der Waals surface area contributed by atoms with E-state index in [1.807, 2.05) is 42.5 Å². The minimum Gasteiger partial charge on any atom is -0.0848 e. The van der Waals surface area contributed by atoms with Crippen molar-refractivity contribution < 1.29 is 0 Å². The van der Waals surface area contributed by atoms with Crippen LogP contribution in [0, 0.1) is 11.8 Å². The Morgan fingerprint density at radius 1 is 0.615 bits per heavy atom. The van der Waals surface area contributed by atoms with Crippen LogP contribution >= 0.6 is 11.6 Å². The Morgan fingerprint density at radius 2 is 1.27 bits per heavy atom. The summed E-state index contributed by atoms with van der Waals surface area (Å²) in [6.45, 7) is 0. The highest BCUT2D eigenvalue weighted by Crippen LogP contribution is 2.28. The fraction of sp³-hybridized carbons (Fsp3) is 0.0400. The molecule has 4 rings (SSSR count). The van der Waals surface area contributed by atoms with Crippen molar-refractivity contribution >= 4 is 22.4 Å². The summed E-state index contributed by atoms with van der Waals surface area (Å²) >= 11 is 6.08. The first-order valence-corrected chi connectivity index (χ1v) is 8.98. The molecule has 0 N–H and O–H groups in total. The molecule has 0 aliphatic rings. The summed E-state index contributed by atoms with van der Waals surface area (Å²) in [5.74, 6) is 6.78. The van der Waals surface area contributed by atoms with Crippen molar-refractivity contribution in [3.63, 3.8) is 0 Å². The molecule has 0 aliphatic carbocycles. The molecule has 0 bridgehead atoms. The average molecular weight is 353 g/mol. The molecule has 0 aromatic heterocycles. The van der Waals surface area contributed by atoms with Gasteiger partial charge in [-0.2, -0.15) is 0 Å². The number of fused-ring (bicyclic) bond motifs is 1. The molecular formula is C25H17Cl. The second kappa shape index (κ2) is 7.48. The number of halogens is 1. The van der Waals surface area contributed by atoms with Crippen LogP contribution < -0.4 is 0 Å². The van der Waals surface area contributed by atoms with Gasteiger partial charge >= 0.3 is 0 Å². The minimum atomic E-state index is -0.00270. The number of benzene rings is 4. The van der Waals surface area contributed by atoms with E-state index in [0.29, 0.717) is 0 Å². The molecule has 0 fully saturated rings. The molecule has 1 atom stereocenters. The first-order valence-electron chi connectivity index (χ1n) is 8.60. The first kappa shape index (κ1) is 16.5. The second-order valence-corrected chi connectivity index (χ2v) is 6.66. The van der Waals surface area contributed by atoms with E-state index in [0.717, 1.165) is 16.1 Å². The molecular weight excluding hydrogens is 336 g/mol. The molecule has 1 heteroatoms. The van der Waals surface area contributed by atoms with Gasteiger partial charge in [0.2, 0.25) is 0 Å². The third kappa shape index (κ3) is 3.64. The topological polar surface area (TPSA) is 0 Å². The summed E-state index contributed by atoms with van der Waals surface area (Å²) < 4.78 is 0. The van der Waals surface area contributed by atoms with E-state index in [-0.39, 0.29) is 5.92 Å². The lowest BCUT2D eigenvalue weighted by molar-refractivity contribution is 1.07. The van der Waals surface area contributed by atoms with Crippen LogP contribution in [0.5, 0.6) is 0 Å². The van der Waals surface area contributed by atoms with Gasteiger partial charge in [-0.1, -0.05) is 90.2 Å². The standard InChI is InChI=1S/C25H17Cl/c26-24-15-13-21(14-16-24)25(17-10-19-6-2-1-3-7-19)23-12-11-20-8-4-5-9-22(20)18-23/h1-9,11-16,18,25H/t25-/m0/s1. The predicted molar refractivity (Wildman–Crippen MR) is 111 cm³/mol. The zero-order valence-electron chi connectivity index (χ0n) is 14.2.